The molecule has 1 saturated heterocycles. The number of fused-ring (bicyclic) bond motifs is 3. The number of likely N-dealkylation sites (tertiary alicyclic amines) is 1. The normalized spacial score (nSPS) is 25.2. The fourth-order valence-corrected chi connectivity index (χ4v) is 7.00. The number of para-hydroxylation sites is 1. The van der Waals surface area contributed by atoms with Crippen molar-refractivity contribution >= 4 is 17.5 Å². The largest absolute Gasteiger partial charge is 0.493 e. The molecule has 2 N–H and O–H groups in total. The first-order valence-corrected chi connectivity index (χ1v) is 14.3. The van der Waals surface area contributed by atoms with Gasteiger partial charge in [0.25, 0.3) is 5.91 Å². The Morgan fingerprint density at radius 1 is 0.875 bits per heavy atom. The molecule has 0 bridgehead atoms. The Kier molecular flexibility index (Phi) is 7.37. The molecule has 2 amide bonds. The van der Waals surface area contributed by atoms with Crippen LogP contribution in [0.5, 0.6) is 11.5 Å². The lowest BCUT2D eigenvalue weighted by molar-refractivity contribution is -0.138. The monoisotopic (exact) mass is 539 g/mol. The van der Waals surface area contributed by atoms with Gasteiger partial charge in [-0.05, 0) is 54.7 Å². The molecular formula is C33H37N3O4. The summed E-state index contributed by atoms with van der Waals surface area (Å²) in [6.45, 7) is 0.723. The zero-order valence-electron chi connectivity index (χ0n) is 23.1. The molecule has 1 aliphatic carbocycles. The van der Waals surface area contributed by atoms with E-state index in [1.54, 1.807) is 32.4 Å². The summed E-state index contributed by atoms with van der Waals surface area (Å²) in [5.74, 6) is 1.09. The van der Waals surface area contributed by atoms with Crippen molar-refractivity contribution in [2.45, 2.75) is 50.2 Å². The Hall–Kier alpha value is -4.00. The first-order valence-electron chi connectivity index (χ1n) is 14.3. The van der Waals surface area contributed by atoms with Gasteiger partial charge in [0, 0.05) is 29.8 Å². The van der Waals surface area contributed by atoms with Gasteiger partial charge in [-0.1, -0.05) is 61.4 Å². The van der Waals surface area contributed by atoms with Crippen molar-refractivity contribution in [3.63, 3.8) is 0 Å². The van der Waals surface area contributed by atoms with E-state index in [-0.39, 0.29) is 41.8 Å². The van der Waals surface area contributed by atoms with Crippen LogP contribution in [0.25, 0.3) is 0 Å². The van der Waals surface area contributed by atoms with E-state index >= 15 is 0 Å². The third-order valence-electron chi connectivity index (χ3n) is 8.95. The van der Waals surface area contributed by atoms with Gasteiger partial charge in [0.1, 0.15) is 0 Å². The lowest BCUT2D eigenvalue weighted by atomic mass is 9.79. The fraction of sp³-hybridized carbons (Fsp3) is 0.394. The lowest BCUT2D eigenvalue weighted by Crippen LogP contribution is -2.50. The number of carbonyl (C=O) groups is 2. The topological polar surface area (TPSA) is 79.9 Å². The molecule has 208 valence electrons. The minimum absolute atomic E-state index is 0.0132. The van der Waals surface area contributed by atoms with Crippen molar-refractivity contribution in [3.05, 3.63) is 89.5 Å². The van der Waals surface area contributed by atoms with Gasteiger partial charge in [0.2, 0.25) is 5.91 Å². The first kappa shape index (κ1) is 26.2. The smallest absolute Gasteiger partial charge is 0.251 e. The van der Waals surface area contributed by atoms with E-state index in [9.17, 15) is 9.59 Å². The molecule has 3 aromatic carbocycles. The van der Waals surface area contributed by atoms with Gasteiger partial charge >= 0.3 is 0 Å². The van der Waals surface area contributed by atoms with Crippen LogP contribution in [0, 0.1) is 11.8 Å². The quantitative estimate of drug-likeness (QED) is 0.417. The maximum Gasteiger partial charge on any atom is 0.251 e. The van der Waals surface area contributed by atoms with Crippen molar-refractivity contribution in [1.29, 1.82) is 0 Å². The van der Waals surface area contributed by atoms with Crippen LogP contribution in [0.1, 0.15) is 65.7 Å². The number of hydrogen-bond donors (Lipinski definition) is 2. The zero-order chi connectivity index (χ0) is 27.6. The minimum Gasteiger partial charge on any atom is -0.493 e. The molecule has 3 aliphatic rings. The summed E-state index contributed by atoms with van der Waals surface area (Å²) in [6, 6.07) is 24.1. The first-order chi connectivity index (χ1) is 19.6. The van der Waals surface area contributed by atoms with Gasteiger partial charge in [0.15, 0.2) is 11.5 Å². The molecule has 0 spiro atoms. The van der Waals surface area contributed by atoms with Crippen molar-refractivity contribution in [2.75, 3.05) is 26.1 Å². The number of rotatable bonds is 6. The molecule has 5 atom stereocenters. The molecule has 40 heavy (non-hydrogen) atoms. The van der Waals surface area contributed by atoms with Crippen molar-refractivity contribution in [1.82, 2.24) is 10.2 Å². The fourth-order valence-electron chi connectivity index (χ4n) is 7.00. The average Bonchev–Trinajstić information content (AvgIpc) is 3.46. The van der Waals surface area contributed by atoms with E-state index in [1.165, 1.54) is 11.1 Å². The van der Waals surface area contributed by atoms with Gasteiger partial charge < -0.3 is 25.0 Å². The average molecular weight is 540 g/mol. The number of benzene rings is 3. The third-order valence-corrected chi connectivity index (χ3v) is 8.95. The summed E-state index contributed by atoms with van der Waals surface area (Å²) in [7, 11) is 3.13. The maximum absolute atomic E-state index is 14.3. The number of nitrogens with zero attached hydrogens (tertiary/aromatic N) is 1. The van der Waals surface area contributed by atoms with Gasteiger partial charge in [-0.25, -0.2) is 0 Å². The number of ether oxygens (including phenoxy) is 2. The van der Waals surface area contributed by atoms with Gasteiger partial charge in [0.05, 0.1) is 32.2 Å². The summed E-state index contributed by atoms with van der Waals surface area (Å²) < 4.78 is 10.7. The van der Waals surface area contributed by atoms with E-state index < -0.39 is 0 Å². The van der Waals surface area contributed by atoms with E-state index in [1.807, 2.05) is 6.07 Å². The summed E-state index contributed by atoms with van der Waals surface area (Å²) in [6.07, 6.45) is 4.50. The molecule has 3 aromatic rings. The van der Waals surface area contributed by atoms with E-state index in [4.69, 9.17) is 9.47 Å². The predicted molar refractivity (Wildman–Crippen MR) is 155 cm³/mol. The molecule has 0 unspecified atom stereocenters. The van der Waals surface area contributed by atoms with E-state index in [0.717, 1.165) is 44.3 Å². The molecule has 2 fully saturated rings. The van der Waals surface area contributed by atoms with Crippen LogP contribution in [0.3, 0.4) is 0 Å². The molecule has 6 rings (SSSR count). The van der Waals surface area contributed by atoms with Crippen molar-refractivity contribution in [2.24, 2.45) is 11.8 Å². The highest BCUT2D eigenvalue weighted by molar-refractivity contribution is 5.95. The second-order valence-electron chi connectivity index (χ2n) is 11.1. The van der Waals surface area contributed by atoms with E-state index in [0.29, 0.717) is 17.1 Å². The van der Waals surface area contributed by atoms with Crippen molar-refractivity contribution < 1.29 is 19.1 Å². The molecule has 2 aliphatic heterocycles. The molecule has 7 heteroatoms. The molecule has 0 aromatic heterocycles. The summed E-state index contributed by atoms with van der Waals surface area (Å²) in [5.41, 5.74) is 4.03. The molecule has 1 saturated carbocycles. The summed E-state index contributed by atoms with van der Waals surface area (Å²) in [5, 5.41) is 6.99. The second-order valence-corrected chi connectivity index (χ2v) is 11.1. The second kappa shape index (κ2) is 11.2. The van der Waals surface area contributed by atoms with Crippen LogP contribution >= 0.6 is 0 Å². The SMILES string of the molecule is COc1ccc(C(=O)N[C@@H]2CCCC[C@@H]2C(=O)N2CC[C@H]3[C@H](c4ccccc4)Nc4ccccc4[C@@H]32)cc1OC. The van der Waals surface area contributed by atoms with Crippen LogP contribution in [0.2, 0.25) is 0 Å². The number of nitrogens with one attached hydrogen (secondary N) is 2. The predicted octanol–water partition coefficient (Wildman–Crippen LogP) is 5.75. The van der Waals surface area contributed by atoms with Crippen molar-refractivity contribution in [3.8, 4) is 11.5 Å². The number of carbonyl (C=O) groups excluding carboxylic acids is 2. The van der Waals surface area contributed by atoms with Crippen LogP contribution in [0.15, 0.2) is 72.8 Å². The Labute approximate surface area is 235 Å². The number of amides is 2. The highest BCUT2D eigenvalue weighted by Gasteiger charge is 2.48. The summed E-state index contributed by atoms with van der Waals surface area (Å²) >= 11 is 0. The molecule has 2 heterocycles. The Balaban J connectivity index is 1.25. The Bertz CT molecular complexity index is 1380. The minimum atomic E-state index is -0.242. The third kappa shape index (κ3) is 4.78. The van der Waals surface area contributed by atoms with Crippen LogP contribution in [-0.2, 0) is 4.79 Å². The van der Waals surface area contributed by atoms with Gasteiger partial charge in [-0.3, -0.25) is 9.59 Å². The zero-order valence-corrected chi connectivity index (χ0v) is 23.1. The lowest BCUT2D eigenvalue weighted by Gasteiger charge is -2.42. The highest BCUT2D eigenvalue weighted by Crippen LogP contribution is 2.51. The Morgan fingerprint density at radius 3 is 2.42 bits per heavy atom. The van der Waals surface area contributed by atoms with Crippen LogP contribution in [-0.4, -0.2) is 43.5 Å². The van der Waals surface area contributed by atoms with Gasteiger partial charge in [-0.2, -0.15) is 0 Å². The van der Waals surface area contributed by atoms with Crippen LogP contribution < -0.4 is 20.1 Å². The number of anilines is 1. The summed E-state index contributed by atoms with van der Waals surface area (Å²) in [4.78, 5) is 29.8. The Morgan fingerprint density at radius 2 is 1.62 bits per heavy atom. The maximum atomic E-state index is 14.3. The highest BCUT2D eigenvalue weighted by atomic mass is 16.5. The molecular weight excluding hydrogens is 502 g/mol. The molecule has 7 nitrogen and oxygen atoms in total. The van der Waals surface area contributed by atoms with E-state index in [2.05, 4.69) is 64.1 Å². The number of methoxy groups -OCH3 is 2. The number of hydrogen-bond acceptors (Lipinski definition) is 5. The standard InChI is InChI=1S/C33H37N3O4/c1-39-28-17-16-22(20-29(28)40-2)32(37)35-27-15-9-7-13-24(27)33(38)36-19-18-25-30(21-10-4-3-5-11-21)34-26-14-8-6-12-23(26)31(25)36/h3-6,8,10-12,14,16-17,20,24-25,27,30-31,34H,7,9,13,15,18-19H2,1-2H3,(H,35,37)/t24-,25-,27+,30-,31-/m0/s1. The van der Waals surface area contributed by atoms with Crippen LogP contribution in [0.4, 0.5) is 5.69 Å². The van der Waals surface area contributed by atoms with Gasteiger partial charge in [-0.15, -0.1) is 0 Å². The molecule has 0 radical (unpaired) electrons.